The first kappa shape index (κ1) is 26.0. The van der Waals surface area contributed by atoms with E-state index in [9.17, 15) is 9.59 Å². The molecule has 34 heavy (non-hydrogen) atoms. The van der Waals surface area contributed by atoms with Gasteiger partial charge in [0.2, 0.25) is 0 Å². The average molecular weight is 484 g/mol. The summed E-state index contributed by atoms with van der Waals surface area (Å²) in [5.74, 6) is -0.429. The van der Waals surface area contributed by atoms with Crippen LogP contribution in [0.15, 0.2) is 58.7 Å². The van der Waals surface area contributed by atoms with Crippen molar-refractivity contribution in [3.05, 3.63) is 54.2 Å². The highest BCUT2D eigenvalue weighted by molar-refractivity contribution is 6.93. The molecule has 0 unspecified atom stereocenters. The fourth-order valence-corrected chi connectivity index (χ4v) is 5.34. The highest BCUT2D eigenvalue weighted by Gasteiger charge is 2.49. The van der Waals surface area contributed by atoms with Gasteiger partial charge in [-0.3, -0.25) is 0 Å². The maximum atomic E-state index is 12.5. The summed E-state index contributed by atoms with van der Waals surface area (Å²) in [5, 5.41) is 0.952. The molecule has 0 aliphatic carbocycles. The van der Waals surface area contributed by atoms with E-state index in [0.29, 0.717) is 6.32 Å². The first-order valence-electron chi connectivity index (χ1n) is 11.6. The summed E-state index contributed by atoms with van der Waals surface area (Å²) >= 11 is 0. The van der Waals surface area contributed by atoms with E-state index >= 15 is 0 Å². The monoisotopic (exact) mass is 484 g/mol. The lowest BCUT2D eigenvalue weighted by atomic mass is 9.85. The van der Waals surface area contributed by atoms with Crippen LogP contribution >= 0.6 is 0 Å². The Labute approximate surface area is 202 Å². The summed E-state index contributed by atoms with van der Waals surface area (Å²) in [6, 6.07) is 14.0. The van der Waals surface area contributed by atoms with Crippen molar-refractivity contribution in [1.29, 1.82) is 0 Å². The summed E-state index contributed by atoms with van der Waals surface area (Å²) in [7, 11) is -2.78. The van der Waals surface area contributed by atoms with E-state index in [1.807, 2.05) is 48.5 Å². The molecule has 0 amide bonds. The van der Waals surface area contributed by atoms with Gasteiger partial charge in [0.15, 0.2) is 12.2 Å². The van der Waals surface area contributed by atoms with Crippen LogP contribution in [0.3, 0.4) is 0 Å². The van der Waals surface area contributed by atoms with Gasteiger partial charge in [-0.15, -0.1) is 0 Å². The standard InChI is InChI=1S/C25H33BO7Si/c1-17(2)29-24(27)22-23(25(28)30-18(3)4)33-26(32-22)15-10-16-34(5,6)21-14-13-20(31-21)19-11-8-7-9-12-19/h7-14,16-18,22-23H,15H2,1-6H3/b16-10+/t22-,23-/m1/s1. The van der Waals surface area contributed by atoms with Crippen molar-refractivity contribution in [2.45, 2.75) is 71.5 Å². The van der Waals surface area contributed by atoms with Crippen molar-refractivity contribution in [2.75, 3.05) is 0 Å². The fourth-order valence-electron chi connectivity index (χ4n) is 3.57. The highest BCUT2D eigenvalue weighted by atomic mass is 28.3. The van der Waals surface area contributed by atoms with Gasteiger partial charge in [-0.05, 0) is 46.1 Å². The molecule has 2 atom stereocenters. The van der Waals surface area contributed by atoms with Crippen LogP contribution < -0.4 is 5.38 Å². The third kappa shape index (κ3) is 6.71. The lowest BCUT2D eigenvalue weighted by molar-refractivity contribution is -0.167. The number of carbonyl (C=O) groups excluding carboxylic acids is 2. The summed E-state index contributed by atoms with van der Waals surface area (Å²) in [4.78, 5) is 25.0. The number of carbonyl (C=O) groups is 2. The van der Waals surface area contributed by atoms with Crippen molar-refractivity contribution < 1.29 is 32.8 Å². The van der Waals surface area contributed by atoms with Gasteiger partial charge in [-0.2, -0.15) is 0 Å². The lowest BCUT2D eigenvalue weighted by Gasteiger charge is -2.18. The van der Waals surface area contributed by atoms with Crippen LogP contribution in [0.2, 0.25) is 19.4 Å². The largest absolute Gasteiger partial charge is 0.466 e. The zero-order valence-electron chi connectivity index (χ0n) is 20.6. The van der Waals surface area contributed by atoms with Crippen LogP contribution in [0.1, 0.15) is 27.7 Å². The molecule has 182 valence electrons. The number of rotatable bonds is 9. The smallest absolute Gasteiger partial charge is 0.462 e. The first-order valence-corrected chi connectivity index (χ1v) is 14.7. The van der Waals surface area contributed by atoms with Crippen molar-refractivity contribution in [1.82, 2.24) is 0 Å². The summed E-state index contributed by atoms with van der Waals surface area (Å²) in [5.41, 5.74) is 3.17. The fraction of sp³-hybridized carbons (Fsp3) is 0.440. The molecule has 0 N–H and O–H groups in total. The van der Waals surface area contributed by atoms with Gasteiger partial charge in [0.05, 0.1) is 17.6 Å². The molecule has 2 aromatic rings. The van der Waals surface area contributed by atoms with E-state index in [1.54, 1.807) is 27.7 Å². The molecule has 9 heteroatoms. The zero-order chi connectivity index (χ0) is 24.9. The van der Waals surface area contributed by atoms with Gasteiger partial charge in [0, 0.05) is 5.56 Å². The van der Waals surface area contributed by atoms with E-state index < -0.39 is 39.3 Å². The minimum atomic E-state index is -2.03. The number of hydrogen-bond donors (Lipinski definition) is 0. The van der Waals surface area contributed by atoms with Crippen molar-refractivity contribution in [2.24, 2.45) is 0 Å². The minimum Gasteiger partial charge on any atom is -0.466 e. The molecular formula is C25H33BO7Si. The Bertz CT molecular complexity index is 970. The van der Waals surface area contributed by atoms with E-state index in [-0.39, 0.29) is 12.2 Å². The van der Waals surface area contributed by atoms with Gasteiger partial charge in [-0.1, -0.05) is 55.2 Å². The predicted molar refractivity (Wildman–Crippen MR) is 133 cm³/mol. The molecule has 3 rings (SSSR count). The Kier molecular flexibility index (Phi) is 8.57. The average Bonchev–Trinajstić information content (AvgIpc) is 3.42. The summed E-state index contributed by atoms with van der Waals surface area (Å²) < 4.78 is 28.2. The molecule has 7 nitrogen and oxygen atoms in total. The summed E-state index contributed by atoms with van der Waals surface area (Å²) in [6.07, 6.45) is -0.649. The van der Waals surface area contributed by atoms with Gasteiger partial charge in [0.25, 0.3) is 0 Å². The topological polar surface area (TPSA) is 84.2 Å². The molecule has 2 heterocycles. The number of allylic oxidation sites excluding steroid dienone is 1. The quantitative estimate of drug-likeness (QED) is 0.391. The third-order valence-corrected chi connectivity index (χ3v) is 7.81. The second-order valence-electron chi connectivity index (χ2n) is 9.40. The highest BCUT2D eigenvalue weighted by Crippen LogP contribution is 2.24. The Morgan fingerprint density at radius 3 is 2.03 bits per heavy atom. The molecule has 0 radical (unpaired) electrons. The predicted octanol–water partition coefficient (Wildman–Crippen LogP) is 4.13. The first-order chi connectivity index (χ1) is 16.1. The Hall–Kier alpha value is -2.62. The normalized spacial score (nSPS) is 18.8. The van der Waals surface area contributed by atoms with Gasteiger partial charge in [0.1, 0.15) is 13.8 Å². The SMILES string of the molecule is CC(C)OC(=O)[C@@H]1OB(C/C=C/[Si](C)(C)c2ccc(-c3ccccc3)o2)O[C@H]1C(=O)OC(C)C. The molecule has 1 aliphatic rings. The van der Waals surface area contributed by atoms with Crippen LogP contribution in [-0.2, 0) is 28.4 Å². The third-order valence-electron chi connectivity index (χ3n) is 5.20. The summed E-state index contributed by atoms with van der Waals surface area (Å²) in [6.45, 7) is 11.3. The molecule has 1 aromatic heterocycles. The van der Waals surface area contributed by atoms with Gasteiger partial charge >= 0.3 is 19.1 Å². The van der Waals surface area contributed by atoms with Crippen molar-refractivity contribution >= 4 is 32.5 Å². The molecular weight excluding hydrogens is 451 g/mol. The second kappa shape index (κ2) is 11.2. The Morgan fingerprint density at radius 2 is 1.50 bits per heavy atom. The number of furan rings is 1. The maximum absolute atomic E-state index is 12.5. The molecule has 1 fully saturated rings. The van der Waals surface area contributed by atoms with Gasteiger partial charge in [-0.25, -0.2) is 9.59 Å². The van der Waals surface area contributed by atoms with Crippen LogP contribution in [-0.4, -0.2) is 51.5 Å². The Morgan fingerprint density at radius 1 is 0.941 bits per heavy atom. The van der Waals surface area contributed by atoms with Crippen molar-refractivity contribution in [3.8, 4) is 11.3 Å². The van der Waals surface area contributed by atoms with Gasteiger partial charge < -0.3 is 23.2 Å². The Balaban J connectivity index is 1.66. The molecule has 0 bridgehead atoms. The molecule has 1 saturated heterocycles. The van der Waals surface area contributed by atoms with E-state index in [4.69, 9.17) is 23.2 Å². The number of hydrogen-bond acceptors (Lipinski definition) is 7. The lowest BCUT2D eigenvalue weighted by Crippen LogP contribution is -2.40. The zero-order valence-corrected chi connectivity index (χ0v) is 21.6. The minimum absolute atomic E-state index is 0.335. The van der Waals surface area contributed by atoms with Crippen LogP contribution in [0.25, 0.3) is 11.3 Å². The van der Waals surface area contributed by atoms with Crippen LogP contribution in [0.4, 0.5) is 0 Å². The maximum Gasteiger partial charge on any atom is 0.462 e. The molecule has 0 spiro atoms. The van der Waals surface area contributed by atoms with Crippen LogP contribution in [0.5, 0.6) is 0 Å². The number of ether oxygens (including phenoxy) is 2. The molecule has 0 saturated carbocycles. The van der Waals surface area contributed by atoms with Crippen molar-refractivity contribution in [3.63, 3.8) is 0 Å². The van der Waals surface area contributed by atoms with Crippen LogP contribution in [0, 0.1) is 0 Å². The molecule has 1 aliphatic heterocycles. The van der Waals surface area contributed by atoms with E-state index in [1.165, 1.54) is 0 Å². The van der Waals surface area contributed by atoms with E-state index in [2.05, 4.69) is 18.8 Å². The van der Waals surface area contributed by atoms with E-state index in [0.717, 1.165) is 16.7 Å². The molecule has 1 aromatic carbocycles. The second-order valence-corrected chi connectivity index (χ2v) is 13.7. The number of esters is 2. The number of benzene rings is 1.